The summed E-state index contributed by atoms with van der Waals surface area (Å²) in [6.45, 7) is 0.229. The highest BCUT2D eigenvalue weighted by Crippen LogP contribution is 2.22. The van der Waals surface area contributed by atoms with Gasteiger partial charge in [0.15, 0.2) is 0 Å². The molecule has 1 aromatic rings. The smallest absolute Gasteiger partial charge is 0.334 e. The van der Waals surface area contributed by atoms with E-state index in [-0.39, 0.29) is 18.8 Å². The number of aryl methyl sites for hydroxylation is 1. The van der Waals surface area contributed by atoms with Crippen LogP contribution in [0.2, 0.25) is 0 Å². The molecule has 98 valence electrons. The van der Waals surface area contributed by atoms with Gasteiger partial charge in [0.1, 0.15) is 0 Å². The average molecular weight is 253 g/mol. The van der Waals surface area contributed by atoms with E-state index in [0.29, 0.717) is 5.56 Å². The van der Waals surface area contributed by atoms with Gasteiger partial charge in [-0.2, -0.15) is 0 Å². The molecule has 0 unspecified atom stereocenters. The molecular formula is C11H15N3O4. The van der Waals surface area contributed by atoms with Crippen LogP contribution >= 0.6 is 0 Å². The van der Waals surface area contributed by atoms with Crippen molar-refractivity contribution >= 4 is 5.69 Å². The van der Waals surface area contributed by atoms with Gasteiger partial charge in [0.2, 0.25) is 0 Å². The van der Waals surface area contributed by atoms with E-state index in [1.165, 1.54) is 17.7 Å². The van der Waals surface area contributed by atoms with Crippen molar-refractivity contribution < 1.29 is 9.66 Å². The Morgan fingerprint density at radius 2 is 2.33 bits per heavy atom. The number of rotatable bonds is 4. The van der Waals surface area contributed by atoms with Crippen molar-refractivity contribution in [1.29, 1.82) is 0 Å². The zero-order chi connectivity index (χ0) is 13.3. The van der Waals surface area contributed by atoms with Gasteiger partial charge in [0.25, 0.3) is 0 Å². The lowest BCUT2D eigenvalue weighted by Crippen LogP contribution is -2.45. The molecule has 2 atom stereocenters. The standard InChI is InChI=1S/C11H15N3O4/c1-13-5-7(4-9(11(13)15)14(16)17)6-18-10-3-2-8(10)12/h4-5,8,10H,2-3,6,12H2,1H3/t8-,10-/m1/s1. The van der Waals surface area contributed by atoms with Crippen molar-refractivity contribution in [3.63, 3.8) is 0 Å². The van der Waals surface area contributed by atoms with Gasteiger partial charge in [-0.25, -0.2) is 0 Å². The maximum atomic E-state index is 11.5. The number of hydrogen-bond donors (Lipinski definition) is 1. The van der Waals surface area contributed by atoms with Crippen molar-refractivity contribution in [2.75, 3.05) is 0 Å². The molecule has 18 heavy (non-hydrogen) atoms. The number of pyridine rings is 1. The summed E-state index contributed by atoms with van der Waals surface area (Å²) in [5.41, 5.74) is 5.28. The van der Waals surface area contributed by atoms with Crippen LogP contribution in [0.25, 0.3) is 0 Å². The van der Waals surface area contributed by atoms with Gasteiger partial charge in [-0.05, 0) is 12.8 Å². The fourth-order valence-electron chi connectivity index (χ4n) is 1.88. The van der Waals surface area contributed by atoms with Crippen molar-refractivity contribution in [1.82, 2.24) is 4.57 Å². The van der Waals surface area contributed by atoms with Crippen LogP contribution in [-0.2, 0) is 18.4 Å². The molecule has 1 fully saturated rings. The molecule has 2 N–H and O–H groups in total. The molecule has 0 aliphatic heterocycles. The fraction of sp³-hybridized carbons (Fsp3) is 0.545. The highest BCUT2D eigenvalue weighted by atomic mass is 16.6. The first-order valence-corrected chi connectivity index (χ1v) is 5.70. The van der Waals surface area contributed by atoms with Crippen LogP contribution in [-0.4, -0.2) is 21.6 Å². The van der Waals surface area contributed by atoms with Crippen LogP contribution in [0.15, 0.2) is 17.1 Å². The average Bonchev–Trinajstić information content (AvgIpc) is 2.31. The lowest BCUT2D eigenvalue weighted by Gasteiger charge is -2.33. The molecule has 1 aliphatic carbocycles. The molecule has 1 aliphatic rings. The summed E-state index contributed by atoms with van der Waals surface area (Å²) in [6.07, 6.45) is 3.41. The number of ether oxygens (including phenoxy) is 1. The molecule has 1 aromatic heterocycles. The molecule has 0 bridgehead atoms. The highest BCUT2D eigenvalue weighted by molar-refractivity contribution is 5.30. The van der Waals surface area contributed by atoms with E-state index in [1.807, 2.05) is 0 Å². The fourth-order valence-corrected chi connectivity index (χ4v) is 1.88. The molecule has 2 rings (SSSR count). The topological polar surface area (TPSA) is 100 Å². The lowest BCUT2D eigenvalue weighted by atomic mass is 9.90. The summed E-state index contributed by atoms with van der Waals surface area (Å²) in [5.74, 6) is 0. The quantitative estimate of drug-likeness (QED) is 0.614. The Balaban J connectivity index is 2.13. The van der Waals surface area contributed by atoms with Gasteiger partial charge < -0.3 is 15.0 Å². The van der Waals surface area contributed by atoms with E-state index in [2.05, 4.69) is 0 Å². The Labute approximate surface area is 103 Å². The summed E-state index contributed by atoms with van der Waals surface area (Å²) in [6, 6.07) is 1.31. The van der Waals surface area contributed by atoms with Gasteiger partial charge >= 0.3 is 11.2 Å². The van der Waals surface area contributed by atoms with Crippen molar-refractivity contribution in [2.24, 2.45) is 12.8 Å². The van der Waals surface area contributed by atoms with E-state index in [9.17, 15) is 14.9 Å². The summed E-state index contributed by atoms with van der Waals surface area (Å²) in [4.78, 5) is 21.5. The number of nitrogens with two attached hydrogens (primary N) is 1. The van der Waals surface area contributed by atoms with Gasteiger partial charge in [-0.3, -0.25) is 14.9 Å². The third-order valence-electron chi connectivity index (χ3n) is 3.14. The van der Waals surface area contributed by atoms with Crippen LogP contribution < -0.4 is 11.3 Å². The predicted molar refractivity (Wildman–Crippen MR) is 64.1 cm³/mol. The molecule has 7 heteroatoms. The minimum absolute atomic E-state index is 0.0151. The molecule has 0 amide bonds. The minimum Gasteiger partial charge on any atom is -0.372 e. The summed E-state index contributed by atoms with van der Waals surface area (Å²) in [5, 5.41) is 10.7. The van der Waals surface area contributed by atoms with Crippen LogP contribution in [0.1, 0.15) is 18.4 Å². The maximum absolute atomic E-state index is 11.5. The number of aromatic nitrogens is 1. The second kappa shape index (κ2) is 4.87. The molecule has 0 spiro atoms. The van der Waals surface area contributed by atoms with E-state index in [4.69, 9.17) is 10.5 Å². The van der Waals surface area contributed by atoms with Gasteiger partial charge in [-0.1, -0.05) is 0 Å². The highest BCUT2D eigenvalue weighted by Gasteiger charge is 2.28. The zero-order valence-electron chi connectivity index (χ0n) is 10.0. The zero-order valence-corrected chi connectivity index (χ0v) is 10.0. The van der Waals surface area contributed by atoms with Crippen molar-refractivity contribution in [3.8, 4) is 0 Å². The first-order valence-electron chi connectivity index (χ1n) is 5.70. The Hall–Kier alpha value is -1.73. The molecule has 0 saturated heterocycles. The molecule has 1 heterocycles. The molecule has 0 radical (unpaired) electrons. The van der Waals surface area contributed by atoms with E-state index in [0.717, 1.165) is 12.8 Å². The van der Waals surface area contributed by atoms with Crippen LogP contribution in [0.4, 0.5) is 5.69 Å². The van der Waals surface area contributed by atoms with E-state index >= 15 is 0 Å². The predicted octanol–water partition coefficient (Wildman–Crippen LogP) is 0.300. The largest absolute Gasteiger partial charge is 0.372 e. The van der Waals surface area contributed by atoms with Gasteiger partial charge in [0.05, 0.1) is 17.6 Å². The van der Waals surface area contributed by atoms with Gasteiger partial charge in [0, 0.05) is 30.9 Å². The summed E-state index contributed by atoms with van der Waals surface area (Å²) < 4.78 is 6.73. The van der Waals surface area contributed by atoms with Crippen molar-refractivity contribution in [2.45, 2.75) is 31.6 Å². The Kier molecular flexibility index (Phi) is 3.44. The second-order valence-corrected chi connectivity index (χ2v) is 4.50. The SMILES string of the molecule is Cn1cc(CO[C@@H]2CC[C@H]2N)cc([N+](=O)[O-])c1=O. The Morgan fingerprint density at radius 1 is 1.61 bits per heavy atom. The first-order chi connectivity index (χ1) is 8.49. The summed E-state index contributed by atoms with van der Waals surface area (Å²) in [7, 11) is 1.48. The third kappa shape index (κ3) is 2.41. The molecular weight excluding hydrogens is 238 g/mol. The second-order valence-electron chi connectivity index (χ2n) is 4.50. The van der Waals surface area contributed by atoms with Crippen molar-refractivity contribution in [3.05, 3.63) is 38.3 Å². The molecule has 0 aromatic carbocycles. The first kappa shape index (κ1) is 12.7. The van der Waals surface area contributed by atoms with E-state index < -0.39 is 16.2 Å². The minimum atomic E-state index is -0.680. The van der Waals surface area contributed by atoms with Crippen LogP contribution in [0, 0.1) is 10.1 Å². The van der Waals surface area contributed by atoms with Crippen LogP contribution in [0.3, 0.4) is 0 Å². The number of hydrogen-bond acceptors (Lipinski definition) is 5. The lowest BCUT2D eigenvalue weighted by molar-refractivity contribution is -0.386. The molecule has 7 nitrogen and oxygen atoms in total. The van der Waals surface area contributed by atoms with Crippen LogP contribution in [0.5, 0.6) is 0 Å². The number of nitro groups is 1. The Morgan fingerprint density at radius 3 is 2.83 bits per heavy atom. The maximum Gasteiger partial charge on any atom is 0.334 e. The normalized spacial score (nSPS) is 22.6. The molecule has 1 saturated carbocycles. The monoisotopic (exact) mass is 253 g/mol. The third-order valence-corrected chi connectivity index (χ3v) is 3.14. The number of nitrogens with zero attached hydrogens (tertiary/aromatic N) is 2. The summed E-state index contributed by atoms with van der Waals surface area (Å²) >= 11 is 0. The van der Waals surface area contributed by atoms with Gasteiger partial charge in [-0.15, -0.1) is 0 Å². The Bertz CT molecular complexity index is 526. The van der Waals surface area contributed by atoms with E-state index in [1.54, 1.807) is 6.20 Å².